The third-order valence-corrected chi connectivity index (χ3v) is 5.96. The van der Waals surface area contributed by atoms with Crippen molar-refractivity contribution in [2.24, 2.45) is 0 Å². The van der Waals surface area contributed by atoms with Crippen LogP contribution in [0.3, 0.4) is 0 Å². The number of pyridine rings is 1. The predicted octanol–water partition coefficient (Wildman–Crippen LogP) is 3.03. The first-order valence-electron chi connectivity index (χ1n) is 10.1. The third-order valence-electron chi connectivity index (χ3n) is 5.26. The zero-order valence-electron chi connectivity index (χ0n) is 17.2. The molecule has 0 atom stereocenters. The summed E-state index contributed by atoms with van der Waals surface area (Å²) in [6.07, 6.45) is 5.52. The largest absolute Gasteiger partial charge is 0.354 e. The van der Waals surface area contributed by atoms with Crippen molar-refractivity contribution in [3.63, 3.8) is 0 Å². The maximum Gasteiger partial charge on any atom is 0.225 e. The summed E-state index contributed by atoms with van der Waals surface area (Å²) in [5.74, 6) is 0.297. The van der Waals surface area contributed by atoms with Crippen LogP contribution in [0.2, 0.25) is 0 Å². The van der Waals surface area contributed by atoms with E-state index >= 15 is 0 Å². The molecule has 0 bridgehead atoms. The van der Waals surface area contributed by atoms with Gasteiger partial charge in [-0.1, -0.05) is 18.6 Å². The fourth-order valence-corrected chi connectivity index (χ4v) is 3.96. The Labute approximate surface area is 178 Å². The standard InChI is InChI=1S/C21H26N6O2S/c1-15-13-22-20-18(12-19(25-21(20)23-15)26(2)30(28)29)24-17-8-6-7-16(11-17)14-27-9-4-3-5-10-27/h6-8,11-13,30H,3-5,9-10,14H2,1-2H3,(H,23,24,25). The Morgan fingerprint density at radius 1 is 1.13 bits per heavy atom. The smallest absolute Gasteiger partial charge is 0.225 e. The molecule has 3 aromatic rings. The Balaban J connectivity index is 1.66. The molecule has 1 fully saturated rings. The number of hydrogen-bond donors (Lipinski definition) is 2. The van der Waals surface area contributed by atoms with Gasteiger partial charge in [-0.15, -0.1) is 0 Å². The topological polar surface area (TPSA) is 91.3 Å². The summed E-state index contributed by atoms with van der Waals surface area (Å²) in [6.45, 7) is 5.04. The molecule has 1 N–H and O–H groups in total. The SMILES string of the molecule is Cc1cnc2c(Nc3cccc(CN4CCCCC4)c3)cc(N(C)[SH](=O)=O)nc2n1. The highest BCUT2D eigenvalue weighted by atomic mass is 32.2. The van der Waals surface area contributed by atoms with Gasteiger partial charge in [0.2, 0.25) is 10.9 Å². The van der Waals surface area contributed by atoms with Crippen LogP contribution in [0.5, 0.6) is 0 Å². The molecule has 1 aliphatic heterocycles. The quantitative estimate of drug-likeness (QED) is 0.586. The lowest BCUT2D eigenvalue weighted by Gasteiger charge is -2.26. The molecule has 8 nitrogen and oxygen atoms in total. The summed E-state index contributed by atoms with van der Waals surface area (Å²) in [4.78, 5) is 15.8. The van der Waals surface area contributed by atoms with E-state index in [0.717, 1.165) is 35.3 Å². The number of thiol groups is 1. The van der Waals surface area contributed by atoms with Gasteiger partial charge in [0.1, 0.15) is 11.3 Å². The molecular formula is C21H26N6O2S. The number of piperidine rings is 1. The van der Waals surface area contributed by atoms with E-state index in [-0.39, 0.29) is 0 Å². The lowest BCUT2D eigenvalue weighted by Crippen LogP contribution is -2.29. The molecule has 9 heteroatoms. The second-order valence-corrected chi connectivity index (χ2v) is 8.71. The number of nitrogens with zero attached hydrogens (tertiary/aromatic N) is 5. The molecule has 0 aliphatic carbocycles. The number of anilines is 3. The summed E-state index contributed by atoms with van der Waals surface area (Å²) in [7, 11) is -1.33. The minimum atomic E-state index is -2.80. The van der Waals surface area contributed by atoms with Crippen LogP contribution in [-0.4, -0.2) is 48.4 Å². The fraction of sp³-hybridized carbons (Fsp3) is 0.381. The number of likely N-dealkylation sites (tertiary alicyclic amines) is 1. The van der Waals surface area contributed by atoms with Crippen molar-refractivity contribution in [3.8, 4) is 0 Å². The molecule has 1 saturated heterocycles. The molecule has 0 amide bonds. The molecule has 1 aliphatic rings. The van der Waals surface area contributed by atoms with E-state index < -0.39 is 10.9 Å². The molecule has 0 unspecified atom stereocenters. The van der Waals surface area contributed by atoms with E-state index in [9.17, 15) is 8.42 Å². The highest BCUT2D eigenvalue weighted by molar-refractivity contribution is 7.74. The minimum absolute atomic E-state index is 0.297. The van der Waals surface area contributed by atoms with E-state index in [2.05, 4.69) is 37.3 Å². The highest BCUT2D eigenvalue weighted by Crippen LogP contribution is 2.28. The molecule has 30 heavy (non-hydrogen) atoms. The average Bonchev–Trinajstić information content (AvgIpc) is 2.73. The molecule has 4 rings (SSSR count). The van der Waals surface area contributed by atoms with Gasteiger partial charge >= 0.3 is 0 Å². The van der Waals surface area contributed by atoms with E-state index in [0.29, 0.717) is 22.7 Å². The second-order valence-electron chi connectivity index (χ2n) is 7.64. The van der Waals surface area contributed by atoms with Crippen LogP contribution < -0.4 is 9.62 Å². The number of fused-ring (bicyclic) bond motifs is 1. The van der Waals surface area contributed by atoms with Crippen LogP contribution in [-0.2, 0) is 17.4 Å². The maximum atomic E-state index is 11.5. The molecular weight excluding hydrogens is 400 g/mol. The zero-order chi connectivity index (χ0) is 21.1. The van der Waals surface area contributed by atoms with E-state index in [1.807, 2.05) is 19.1 Å². The molecule has 158 valence electrons. The lowest BCUT2D eigenvalue weighted by atomic mass is 10.1. The summed E-state index contributed by atoms with van der Waals surface area (Å²) < 4.78 is 24.0. The normalized spacial score (nSPS) is 14.9. The van der Waals surface area contributed by atoms with E-state index in [4.69, 9.17) is 0 Å². The molecule has 0 saturated carbocycles. The monoisotopic (exact) mass is 426 g/mol. The van der Waals surface area contributed by atoms with Gasteiger partial charge in [0.25, 0.3) is 0 Å². The molecule has 3 heterocycles. The highest BCUT2D eigenvalue weighted by Gasteiger charge is 2.14. The van der Waals surface area contributed by atoms with Crippen molar-refractivity contribution < 1.29 is 8.42 Å². The Hall–Kier alpha value is -2.78. The van der Waals surface area contributed by atoms with Gasteiger partial charge in [0.05, 0.1) is 11.4 Å². The fourth-order valence-electron chi connectivity index (χ4n) is 3.69. The first kappa shape index (κ1) is 20.5. The first-order chi connectivity index (χ1) is 14.5. The van der Waals surface area contributed by atoms with Crippen molar-refractivity contribution in [1.29, 1.82) is 0 Å². The molecule has 0 spiro atoms. The lowest BCUT2D eigenvalue weighted by molar-refractivity contribution is 0.221. The van der Waals surface area contributed by atoms with Gasteiger partial charge in [-0.25, -0.2) is 23.4 Å². The number of nitrogens with one attached hydrogen (secondary N) is 1. The van der Waals surface area contributed by atoms with Crippen LogP contribution in [0.25, 0.3) is 11.2 Å². The number of benzene rings is 1. The Morgan fingerprint density at radius 3 is 2.70 bits per heavy atom. The van der Waals surface area contributed by atoms with Gasteiger partial charge in [0, 0.05) is 31.5 Å². The van der Waals surface area contributed by atoms with Crippen molar-refractivity contribution in [2.75, 3.05) is 29.8 Å². The molecule has 0 radical (unpaired) electrons. The summed E-state index contributed by atoms with van der Waals surface area (Å²) in [5, 5.41) is 3.39. The van der Waals surface area contributed by atoms with Crippen LogP contribution in [0.15, 0.2) is 36.5 Å². The number of aryl methyl sites for hydroxylation is 1. The Kier molecular flexibility index (Phi) is 6.10. The number of hydrogen-bond acceptors (Lipinski definition) is 7. The average molecular weight is 427 g/mol. The third kappa shape index (κ3) is 4.68. The van der Waals surface area contributed by atoms with Gasteiger partial charge in [-0.3, -0.25) is 9.21 Å². The van der Waals surface area contributed by atoms with E-state index in [1.54, 1.807) is 12.3 Å². The summed E-state index contributed by atoms with van der Waals surface area (Å²) >= 11 is 0. The molecule has 1 aromatic carbocycles. The van der Waals surface area contributed by atoms with E-state index in [1.165, 1.54) is 31.9 Å². The van der Waals surface area contributed by atoms with Crippen molar-refractivity contribution >= 4 is 39.2 Å². The first-order valence-corrected chi connectivity index (χ1v) is 11.2. The number of aromatic nitrogens is 3. The van der Waals surface area contributed by atoms with Crippen molar-refractivity contribution in [3.05, 3.63) is 47.8 Å². The van der Waals surface area contributed by atoms with Crippen LogP contribution >= 0.6 is 0 Å². The second kappa shape index (κ2) is 8.93. The zero-order valence-corrected chi connectivity index (χ0v) is 18.1. The Morgan fingerprint density at radius 2 is 1.93 bits per heavy atom. The predicted molar refractivity (Wildman–Crippen MR) is 120 cm³/mol. The van der Waals surface area contributed by atoms with Crippen molar-refractivity contribution in [2.45, 2.75) is 32.7 Å². The summed E-state index contributed by atoms with van der Waals surface area (Å²) in [6, 6.07) is 9.97. The van der Waals surface area contributed by atoms with Crippen molar-refractivity contribution in [1.82, 2.24) is 19.9 Å². The number of rotatable bonds is 6. The van der Waals surface area contributed by atoms with Gasteiger partial charge in [-0.2, -0.15) is 0 Å². The Bertz CT molecular complexity index is 1120. The summed E-state index contributed by atoms with van der Waals surface area (Å²) in [5.41, 5.74) is 4.54. The van der Waals surface area contributed by atoms with Crippen LogP contribution in [0.4, 0.5) is 17.2 Å². The minimum Gasteiger partial charge on any atom is -0.354 e. The van der Waals surface area contributed by atoms with Crippen LogP contribution in [0.1, 0.15) is 30.5 Å². The van der Waals surface area contributed by atoms with Crippen LogP contribution in [0, 0.1) is 6.92 Å². The molecule has 2 aromatic heterocycles. The van der Waals surface area contributed by atoms with Gasteiger partial charge in [-0.05, 0) is 50.6 Å². The van der Waals surface area contributed by atoms with Gasteiger partial charge < -0.3 is 5.32 Å². The maximum absolute atomic E-state index is 11.5. The van der Waals surface area contributed by atoms with Gasteiger partial charge in [0.15, 0.2) is 5.65 Å².